The summed E-state index contributed by atoms with van der Waals surface area (Å²) in [5, 5.41) is 12.2. The van der Waals surface area contributed by atoms with Crippen LogP contribution in [0.1, 0.15) is 41.8 Å². The molecule has 0 amide bonds. The van der Waals surface area contributed by atoms with Gasteiger partial charge in [0.05, 0.1) is 36.2 Å². The number of aromatic amines is 1. The SMILES string of the molecule is C/C=C1/CN(S(=O)(=O)c2ccc(C)cc2)[C@H]2C[C@@H]1[C@](CO)(COCc1ccccc1)c1c2[nH]c2ccccc12. The Balaban J connectivity index is 1.49. The van der Waals surface area contributed by atoms with Crippen LogP contribution < -0.4 is 0 Å². The molecule has 1 aromatic heterocycles. The highest BCUT2D eigenvalue weighted by atomic mass is 32.2. The number of para-hydroxylation sites is 1. The van der Waals surface area contributed by atoms with Crippen molar-refractivity contribution in [2.75, 3.05) is 19.8 Å². The van der Waals surface area contributed by atoms with Crippen molar-refractivity contribution in [2.24, 2.45) is 5.92 Å². The molecule has 202 valence electrons. The number of nitrogens with one attached hydrogen (secondary N) is 1. The van der Waals surface area contributed by atoms with Crippen molar-refractivity contribution in [1.29, 1.82) is 0 Å². The summed E-state index contributed by atoms with van der Waals surface area (Å²) in [7, 11) is -3.77. The average Bonchev–Trinajstić information content (AvgIpc) is 3.36. The van der Waals surface area contributed by atoms with Gasteiger partial charge in [-0.25, -0.2) is 8.42 Å². The molecule has 0 spiro atoms. The first-order valence-electron chi connectivity index (χ1n) is 13.5. The molecule has 3 aromatic carbocycles. The smallest absolute Gasteiger partial charge is 0.243 e. The number of aromatic nitrogens is 1. The van der Waals surface area contributed by atoms with E-state index in [9.17, 15) is 13.5 Å². The van der Waals surface area contributed by atoms with Gasteiger partial charge in [-0.05, 0) is 55.5 Å². The molecular formula is C32H34N2O4S. The van der Waals surface area contributed by atoms with E-state index in [2.05, 4.69) is 11.1 Å². The fourth-order valence-corrected chi connectivity index (χ4v) is 8.18. The normalized spacial score (nSPS) is 24.2. The van der Waals surface area contributed by atoms with Gasteiger partial charge in [0.15, 0.2) is 0 Å². The van der Waals surface area contributed by atoms with Gasteiger partial charge in [0.2, 0.25) is 10.0 Å². The summed E-state index contributed by atoms with van der Waals surface area (Å²) >= 11 is 0. The topological polar surface area (TPSA) is 82.6 Å². The van der Waals surface area contributed by atoms with Crippen molar-refractivity contribution >= 4 is 20.9 Å². The van der Waals surface area contributed by atoms with E-state index in [1.807, 2.05) is 80.6 Å². The van der Waals surface area contributed by atoms with Crippen molar-refractivity contribution in [3.05, 3.63) is 113 Å². The molecule has 2 heterocycles. The number of sulfonamides is 1. The van der Waals surface area contributed by atoms with Gasteiger partial charge in [-0.1, -0.05) is 77.9 Å². The number of fused-ring (bicyclic) bond motifs is 6. The molecule has 0 unspecified atom stereocenters. The summed E-state index contributed by atoms with van der Waals surface area (Å²) in [5.41, 5.74) is 5.15. The van der Waals surface area contributed by atoms with E-state index in [1.54, 1.807) is 16.4 Å². The van der Waals surface area contributed by atoms with Crippen LogP contribution in [0.3, 0.4) is 0 Å². The van der Waals surface area contributed by atoms with Crippen molar-refractivity contribution in [3.8, 4) is 0 Å². The molecule has 3 atom stereocenters. The summed E-state index contributed by atoms with van der Waals surface area (Å²) in [4.78, 5) is 3.87. The lowest BCUT2D eigenvalue weighted by Crippen LogP contribution is -2.55. The predicted molar refractivity (Wildman–Crippen MR) is 153 cm³/mol. The Kier molecular flexibility index (Phi) is 6.71. The van der Waals surface area contributed by atoms with E-state index in [-0.39, 0.29) is 25.1 Å². The molecule has 1 saturated heterocycles. The number of aliphatic hydroxyl groups is 1. The minimum Gasteiger partial charge on any atom is -0.395 e. The Hall–Kier alpha value is -3.23. The largest absolute Gasteiger partial charge is 0.395 e. The average molecular weight is 543 g/mol. The first kappa shape index (κ1) is 26.0. The summed E-state index contributed by atoms with van der Waals surface area (Å²) < 4.78 is 36.1. The minimum atomic E-state index is -3.77. The maximum absolute atomic E-state index is 14.1. The quantitative estimate of drug-likeness (QED) is 0.296. The lowest BCUT2D eigenvalue weighted by atomic mass is 9.59. The number of benzene rings is 3. The Morgan fingerprint density at radius 3 is 2.49 bits per heavy atom. The number of ether oxygens (including phenoxy) is 1. The van der Waals surface area contributed by atoms with Gasteiger partial charge in [-0.3, -0.25) is 0 Å². The molecule has 0 radical (unpaired) electrons. The molecule has 6 rings (SSSR count). The van der Waals surface area contributed by atoms with Crippen molar-refractivity contribution < 1.29 is 18.3 Å². The molecule has 7 heteroatoms. The summed E-state index contributed by atoms with van der Waals surface area (Å²) in [5.74, 6) is -0.0653. The zero-order valence-electron chi connectivity index (χ0n) is 22.3. The van der Waals surface area contributed by atoms with Gasteiger partial charge in [0.25, 0.3) is 0 Å². The van der Waals surface area contributed by atoms with Crippen molar-refractivity contribution in [2.45, 2.75) is 43.2 Å². The van der Waals surface area contributed by atoms with Crippen molar-refractivity contribution in [3.63, 3.8) is 0 Å². The minimum absolute atomic E-state index is 0.0653. The number of piperidine rings is 1. The molecule has 2 bridgehead atoms. The molecule has 2 N–H and O–H groups in total. The second kappa shape index (κ2) is 10.1. The number of hydrogen-bond donors (Lipinski definition) is 2. The zero-order chi connectivity index (χ0) is 27.2. The Morgan fingerprint density at radius 1 is 1.05 bits per heavy atom. The molecule has 1 aliphatic heterocycles. The van der Waals surface area contributed by atoms with Crippen LogP contribution in [0, 0.1) is 12.8 Å². The maximum atomic E-state index is 14.1. The standard InChI is InChI=1S/C32H34N2O4S/c1-3-24-18-34(39(36,37)25-15-13-22(2)14-16-25)29-17-27(24)32(20-35,21-38-19-23-9-5-4-6-10-23)30-26-11-7-8-12-28(26)33-31(29)30/h3-16,27,29,33,35H,17-21H2,1-2H3/b24-3-/t27-,29-,32-/m0/s1. The van der Waals surface area contributed by atoms with E-state index in [0.29, 0.717) is 24.5 Å². The van der Waals surface area contributed by atoms with Crippen LogP contribution in [0.4, 0.5) is 0 Å². The van der Waals surface area contributed by atoms with Crippen LogP contribution in [-0.4, -0.2) is 42.6 Å². The first-order chi connectivity index (χ1) is 18.9. The number of hydrogen-bond acceptors (Lipinski definition) is 4. The Morgan fingerprint density at radius 2 is 1.77 bits per heavy atom. The molecule has 6 nitrogen and oxygen atoms in total. The molecule has 2 aliphatic rings. The molecule has 39 heavy (non-hydrogen) atoms. The predicted octanol–water partition coefficient (Wildman–Crippen LogP) is 5.64. The lowest BCUT2D eigenvalue weighted by Gasteiger charge is -2.52. The van der Waals surface area contributed by atoms with Crippen LogP contribution in [-0.2, 0) is 26.8 Å². The fraction of sp³-hybridized carbons (Fsp3) is 0.312. The van der Waals surface area contributed by atoms with Gasteiger partial charge in [-0.15, -0.1) is 0 Å². The summed E-state index contributed by atoms with van der Waals surface area (Å²) in [6, 6.07) is 24.8. The lowest BCUT2D eigenvalue weighted by molar-refractivity contribution is -0.000694. The van der Waals surface area contributed by atoms with E-state index >= 15 is 0 Å². The van der Waals surface area contributed by atoms with E-state index in [1.165, 1.54) is 0 Å². The highest BCUT2D eigenvalue weighted by molar-refractivity contribution is 7.89. The number of nitrogens with zero attached hydrogens (tertiary/aromatic N) is 1. The van der Waals surface area contributed by atoms with Gasteiger partial charge in [0.1, 0.15) is 0 Å². The fourth-order valence-electron chi connectivity index (χ4n) is 6.58. The van der Waals surface area contributed by atoms with Crippen LogP contribution in [0.25, 0.3) is 10.9 Å². The third-order valence-electron chi connectivity index (χ3n) is 8.58. The third kappa shape index (κ3) is 4.25. The van der Waals surface area contributed by atoms with Crippen LogP contribution >= 0.6 is 0 Å². The summed E-state index contributed by atoms with van der Waals surface area (Å²) in [6.07, 6.45) is 2.60. The van der Waals surface area contributed by atoms with E-state index in [0.717, 1.165) is 38.9 Å². The zero-order valence-corrected chi connectivity index (χ0v) is 23.1. The second-order valence-electron chi connectivity index (χ2n) is 10.8. The molecule has 1 aliphatic carbocycles. The molecule has 0 saturated carbocycles. The van der Waals surface area contributed by atoms with Gasteiger partial charge in [0, 0.05) is 23.1 Å². The number of aliphatic hydroxyl groups excluding tert-OH is 1. The van der Waals surface area contributed by atoms with E-state index < -0.39 is 15.4 Å². The number of H-pyrrole nitrogens is 1. The van der Waals surface area contributed by atoms with Crippen LogP contribution in [0.15, 0.2) is 95.4 Å². The highest BCUT2D eigenvalue weighted by Gasteiger charge is 2.55. The van der Waals surface area contributed by atoms with Crippen molar-refractivity contribution in [1.82, 2.24) is 9.29 Å². The molecule has 1 fully saturated rings. The number of rotatable bonds is 7. The van der Waals surface area contributed by atoms with Gasteiger partial charge >= 0.3 is 0 Å². The number of allylic oxidation sites excluding steroid dienone is 1. The Labute approximate surface area is 230 Å². The van der Waals surface area contributed by atoms with Gasteiger partial charge < -0.3 is 14.8 Å². The van der Waals surface area contributed by atoms with Crippen LogP contribution in [0.5, 0.6) is 0 Å². The first-order valence-corrected chi connectivity index (χ1v) is 14.9. The molecule has 4 aromatic rings. The Bertz CT molecular complexity index is 1630. The van der Waals surface area contributed by atoms with Crippen LogP contribution in [0.2, 0.25) is 0 Å². The number of aryl methyl sites for hydroxylation is 1. The summed E-state index contributed by atoms with van der Waals surface area (Å²) in [6.45, 7) is 4.85. The third-order valence-corrected chi connectivity index (χ3v) is 10.4. The molecular weight excluding hydrogens is 508 g/mol. The van der Waals surface area contributed by atoms with Gasteiger partial charge in [-0.2, -0.15) is 4.31 Å². The monoisotopic (exact) mass is 542 g/mol. The highest BCUT2D eigenvalue weighted by Crippen LogP contribution is 2.56. The van der Waals surface area contributed by atoms with E-state index in [4.69, 9.17) is 4.74 Å². The second-order valence-corrected chi connectivity index (χ2v) is 12.7. The maximum Gasteiger partial charge on any atom is 0.243 e.